The molecular weight excluding hydrogens is 386 g/mol. The SMILES string of the molecule is CCN(CC)[P+](Cl)(N(CC)CC)N(CC)CC.O=P([O-])(Cl)Cl. The van der Waals surface area contributed by atoms with Gasteiger partial charge in [-0.05, 0) is 41.5 Å². The second-order valence-electron chi connectivity index (χ2n) is 4.33. The summed E-state index contributed by atoms with van der Waals surface area (Å²) in [6, 6.07) is 0. The molecule has 0 saturated heterocycles. The molecule has 0 fully saturated rings. The first kappa shape index (κ1) is 25.6. The minimum atomic E-state index is -3.94. The Hall–Kier alpha value is 1.37. The van der Waals surface area contributed by atoms with Crippen LogP contribution >= 0.6 is 46.9 Å². The van der Waals surface area contributed by atoms with Gasteiger partial charge in [-0.1, -0.05) is 22.5 Å². The van der Waals surface area contributed by atoms with E-state index >= 15 is 0 Å². The lowest BCUT2D eigenvalue weighted by molar-refractivity contribution is -0.162. The summed E-state index contributed by atoms with van der Waals surface area (Å²) in [5, 5.41) is 0. The fourth-order valence-corrected chi connectivity index (χ4v) is 7.44. The summed E-state index contributed by atoms with van der Waals surface area (Å²) in [5.41, 5.74) is 0. The summed E-state index contributed by atoms with van der Waals surface area (Å²) in [5.74, 6) is 0. The molecule has 136 valence electrons. The first-order valence-electron chi connectivity index (χ1n) is 7.61. The van der Waals surface area contributed by atoms with Crippen molar-refractivity contribution in [1.82, 2.24) is 14.0 Å². The summed E-state index contributed by atoms with van der Waals surface area (Å²) < 4.78 is 16.5. The summed E-state index contributed by atoms with van der Waals surface area (Å²) in [4.78, 5) is 9.19. The van der Waals surface area contributed by atoms with Gasteiger partial charge in [0.05, 0.1) is 0 Å². The highest BCUT2D eigenvalue weighted by atomic mass is 35.9. The minimum absolute atomic E-state index is 1.01. The number of hydrogen-bond acceptors (Lipinski definition) is 5. The van der Waals surface area contributed by atoms with Crippen molar-refractivity contribution in [3.05, 3.63) is 0 Å². The summed E-state index contributed by atoms with van der Waals surface area (Å²) >= 11 is 15.7. The quantitative estimate of drug-likeness (QED) is 0.502. The maximum Gasteiger partial charge on any atom is 0.331 e. The van der Waals surface area contributed by atoms with E-state index < -0.39 is 13.1 Å². The topological polar surface area (TPSA) is 49.8 Å². The third-order valence-electron chi connectivity index (χ3n) is 3.27. The van der Waals surface area contributed by atoms with Crippen molar-refractivity contribution in [2.45, 2.75) is 41.5 Å². The maximum absolute atomic E-state index is 9.19. The van der Waals surface area contributed by atoms with Crippen LogP contribution in [0.5, 0.6) is 0 Å². The van der Waals surface area contributed by atoms with E-state index in [1.807, 2.05) is 0 Å². The molecule has 10 heteroatoms. The van der Waals surface area contributed by atoms with Gasteiger partial charge in [-0.15, -0.1) is 14.0 Å². The van der Waals surface area contributed by atoms with Crippen LogP contribution in [0.2, 0.25) is 0 Å². The van der Waals surface area contributed by atoms with Crippen LogP contribution in [0.1, 0.15) is 41.5 Å². The van der Waals surface area contributed by atoms with Gasteiger partial charge in [0.15, 0.2) is 17.3 Å². The van der Waals surface area contributed by atoms with Gasteiger partial charge in [0, 0.05) is 39.3 Å². The zero-order valence-electron chi connectivity index (χ0n) is 14.4. The maximum atomic E-state index is 9.19. The number of nitrogens with zero attached hydrogens (tertiary/aromatic N) is 3. The molecule has 0 aromatic heterocycles. The predicted octanol–water partition coefficient (Wildman–Crippen LogP) is 4.86. The number of hydrogen-bond donors (Lipinski definition) is 0. The molecule has 0 N–H and O–H groups in total. The van der Waals surface area contributed by atoms with E-state index in [1.54, 1.807) is 0 Å². The summed E-state index contributed by atoms with van der Waals surface area (Å²) in [6.45, 7) is 19.3. The molecule has 0 aliphatic rings. The molecule has 0 radical (unpaired) electrons. The van der Waals surface area contributed by atoms with Crippen molar-refractivity contribution in [2.24, 2.45) is 0 Å². The molecule has 0 amide bonds. The second-order valence-corrected chi connectivity index (χ2v) is 12.4. The molecule has 0 aromatic rings. The smallest absolute Gasteiger partial charge is 0.331 e. The van der Waals surface area contributed by atoms with Crippen molar-refractivity contribution in [1.29, 1.82) is 0 Å². The zero-order chi connectivity index (χ0) is 18.0. The summed E-state index contributed by atoms with van der Waals surface area (Å²) in [6.07, 6.45) is -3.94. The Morgan fingerprint density at radius 2 is 0.909 bits per heavy atom. The molecule has 5 nitrogen and oxygen atoms in total. The van der Waals surface area contributed by atoms with Gasteiger partial charge < -0.3 is 9.46 Å². The van der Waals surface area contributed by atoms with Gasteiger partial charge in [-0.25, -0.2) is 0 Å². The predicted molar refractivity (Wildman–Crippen MR) is 101 cm³/mol. The highest BCUT2D eigenvalue weighted by Gasteiger charge is 2.53. The van der Waals surface area contributed by atoms with E-state index in [2.05, 4.69) is 78.0 Å². The van der Waals surface area contributed by atoms with E-state index in [4.69, 9.17) is 11.2 Å². The van der Waals surface area contributed by atoms with Gasteiger partial charge in [0.25, 0.3) is 0 Å². The highest BCUT2D eigenvalue weighted by Crippen LogP contribution is 2.71. The molecule has 0 aromatic carbocycles. The van der Waals surface area contributed by atoms with E-state index in [0.29, 0.717) is 0 Å². The van der Waals surface area contributed by atoms with Gasteiger partial charge in [0.1, 0.15) is 0 Å². The Labute approximate surface area is 151 Å². The second kappa shape index (κ2) is 12.7. The molecule has 0 saturated carbocycles. The molecule has 0 aliphatic carbocycles. The lowest BCUT2D eigenvalue weighted by atomic mass is 10.7. The van der Waals surface area contributed by atoms with E-state index in [9.17, 15) is 9.46 Å². The van der Waals surface area contributed by atoms with Crippen LogP contribution in [0.25, 0.3) is 0 Å². The molecule has 0 bridgehead atoms. The molecule has 0 unspecified atom stereocenters. The van der Waals surface area contributed by atoms with Crippen LogP contribution in [0.3, 0.4) is 0 Å². The van der Waals surface area contributed by atoms with Crippen molar-refractivity contribution >= 4 is 46.9 Å². The average Bonchev–Trinajstić information content (AvgIpc) is 2.40. The molecule has 22 heavy (non-hydrogen) atoms. The van der Waals surface area contributed by atoms with Gasteiger partial charge >= 0.3 is 7.07 Å². The standard InChI is InChI=1S/C12H30ClN3P.Cl2HO2P/c1-7-14(8-2)17(13,15(9-3)10-4)16(11-5)12-6;1-5(2,3)4/h7-12H2,1-6H3;(H,3,4)/q+1;/p-1. The monoisotopic (exact) mass is 415 g/mol. The third kappa shape index (κ3) is 9.01. The Morgan fingerprint density at radius 3 is 1.00 bits per heavy atom. The normalized spacial score (nSPS) is 12.8. The Kier molecular flexibility index (Phi) is 14.8. The highest BCUT2D eigenvalue weighted by molar-refractivity contribution is 8.03. The first-order chi connectivity index (χ1) is 10.1. The van der Waals surface area contributed by atoms with Crippen molar-refractivity contribution in [3.63, 3.8) is 0 Å². The molecule has 0 rings (SSSR count). The van der Waals surface area contributed by atoms with Crippen molar-refractivity contribution in [2.75, 3.05) is 39.3 Å². The van der Waals surface area contributed by atoms with E-state index in [0.717, 1.165) is 39.3 Å². The van der Waals surface area contributed by atoms with Crippen molar-refractivity contribution < 1.29 is 9.46 Å². The van der Waals surface area contributed by atoms with Crippen LogP contribution in [-0.4, -0.2) is 53.3 Å². The first-order valence-corrected chi connectivity index (χ1v) is 13.6. The molecular formula is C12H30Cl3N3O2P2. The van der Waals surface area contributed by atoms with Crippen LogP contribution in [0.4, 0.5) is 0 Å². The lowest BCUT2D eigenvalue weighted by Crippen LogP contribution is -2.42. The summed E-state index contributed by atoms with van der Waals surface area (Å²) in [7, 11) is -1.83. The molecule has 0 atom stereocenters. The lowest BCUT2D eigenvalue weighted by Gasteiger charge is -2.40. The van der Waals surface area contributed by atoms with Gasteiger partial charge in [-0.3, -0.25) is 0 Å². The zero-order valence-corrected chi connectivity index (χ0v) is 18.5. The minimum Gasteiger partial charge on any atom is -0.776 e. The van der Waals surface area contributed by atoms with Crippen LogP contribution < -0.4 is 4.89 Å². The average molecular weight is 417 g/mol. The molecule has 0 aliphatic heterocycles. The van der Waals surface area contributed by atoms with E-state index in [1.165, 1.54) is 0 Å². The Balaban J connectivity index is 0. The number of rotatable bonds is 9. The third-order valence-corrected chi connectivity index (χ3v) is 9.05. The molecule has 0 spiro atoms. The largest absolute Gasteiger partial charge is 0.776 e. The van der Waals surface area contributed by atoms with Gasteiger partial charge in [0.2, 0.25) is 0 Å². The van der Waals surface area contributed by atoms with Crippen LogP contribution in [0.15, 0.2) is 0 Å². The fourth-order valence-electron chi connectivity index (χ4n) is 2.29. The fraction of sp³-hybridized carbons (Fsp3) is 1.00. The van der Waals surface area contributed by atoms with Gasteiger partial charge in [-0.2, -0.15) is 0 Å². The Morgan fingerprint density at radius 1 is 0.773 bits per heavy atom. The van der Waals surface area contributed by atoms with Crippen LogP contribution in [-0.2, 0) is 4.57 Å². The van der Waals surface area contributed by atoms with E-state index in [-0.39, 0.29) is 0 Å². The number of halogens is 3. The molecule has 0 heterocycles. The van der Waals surface area contributed by atoms with Crippen molar-refractivity contribution in [3.8, 4) is 0 Å². The van der Waals surface area contributed by atoms with Crippen LogP contribution in [0, 0.1) is 0 Å². The Bertz CT molecular complexity index is 283.